The molecule has 8 heteroatoms. The maximum atomic E-state index is 12.6. The summed E-state index contributed by atoms with van der Waals surface area (Å²) in [6.45, 7) is 8.72. The van der Waals surface area contributed by atoms with Gasteiger partial charge in [-0.25, -0.2) is 0 Å². The van der Waals surface area contributed by atoms with Crippen LogP contribution in [0.25, 0.3) is 0 Å². The quantitative estimate of drug-likeness (QED) is 0.753. The van der Waals surface area contributed by atoms with Crippen LogP contribution in [-0.2, 0) is 11.2 Å². The van der Waals surface area contributed by atoms with Gasteiger partial charge in [-0.15, -0.1) is 11.3 Å². The summed E-state index contributed by atoms with van der Waals surface area (Å²) in [5.41, 5.74) is 4.50. The molecule has 0 radical (unpaired) electrons. The zero-order valence-electron chi connectivity index (χ0n) is 16.6. The molecule has 0 aromatic carbocycles. The van der Waals surface area contributed by atoms with Crippen LogP contribution < -0.4 is 10.2 Å². The SMILES string of the molecule is Cc1n[nH]c(C)c1Cc1cc(C(=O)NCCN(C)C)sc1N1CCOCC1. The van der Waals surface area contributed by atoms with E-state index < -0.39 is 0 Å². The fourth-order valence-corrected chi connectivity index (χ4v) is 4.35. The van der Waals surface area contributed by atoms with E-state index in [9.17, 15) is 4.79 Å². The van der Waals surface area contributed by atoms with Crippen LogP contribution in [0.15, 0.2) is 6.07 Å². The minimum atomic E-state index is 0.00301. The number of likely N-dealkylation sites (N-methyl/N-ethyl adjacent to an activating group) is 1. The molecule has 1 aliphatic heterocycles. The summed E-state index contributed by atoms with van der Waals surface area (Å²) in [6.07, 6.45) is 0.780. The molecule has 0 saturated carbocycles. The van der Waals surface area contributed by atoms with Gasteiger partial charge >= 0.3 is 0 Å². The van der Waals surface area contributed by atoms with Gasteiger partial charge in [0, 0.05) is 43.9 Å². The Kier molecular flexibility index (Phi) is 6.51. The zero-order chi connectivity index (χ0) is 19.4. The number of aromatic nitrogens is 2. The predicted octanol–water partition coefficient (Wildman–Crippen LogP) is 1.81. The fourth-order valence-electron chi connectivity index (χ4n) is 3.20. The van der Waals surface area contributed by atoms with Crippen molar-refractivity contribution in [3.8, 4) is 0 Å². The molecule has 2 aromatic rings. The second-order valence-corrected chi connectivity index (χ2v) is 8.22. The van der Waals surface area contributed by atoms with E-state index in [0.717, 1.165) is 55.5 Å². The molecule has 0 atom stereocenters. The van der Waals surface area contributed by atoms with E-state index >= 15 is 0 Å². The molecular formula is C19H29N5O2S. The third-order valence-corrected chi connectivity index (χ3v) is 6.04. The van der Waals surface area contributed by atoms with Crippen molar-refractivity contribution in [1.82, 2.24) is 20.4 Å². The predicted molar refractivity (Wildman–Crippen MR) is 109 cm³/mol. The van der Waals surface area contributed by atoms with Crippen molar-refractivity contribution < 1.29 is 9.53 Å². The number of aryl methyl sites for hydroxylation is 2. The van der Waals surface area contributed by atoms with Gasteiger partial charge in [0.2, 0.25) is 0 Å². The number of carbonyl (C=O) groups is 1. The Morgan fingerprint density at radius 2 is 2.11 bits per heavy atom. The summed E-state index contributed by atoms with van der Waals surface area (Å²) in [6, 6.07) is 2.05. The largest absolute Gasteiger partial charge is 0.378 e. The average molecular weight is 392 g/mol. The maximum absolute atomic E-state index is 12.6. The molecule has 27 heavy (non-hydrogen) atoms. The molecular weight excluding hydrogens is 362 g/mol. The first-order valence-corrected chi connectivity index (χ1v) is 10.2. The monoisotopic (exact) mass is 391 g/mol. The molecule has 148 valence electrons. The molecule has 0 aliphatic carbocycles. The Hall–Kier alpha value is -1.90. The zero-order valence-corrected chi connectivity index (χ0v) is 17.4. The van der Waals surface area contributed by atoms with Crippen molar-refractivity contribution >= 4 is 22.2 Å². The Bertz CT molecular complexity index is 758. The molecule has 0 bridgehead atoms. The van der Waals surface area contributed by atoms with Crippen molar-refractivity contribution in [3.63, 3.8) is 0 Å². The first kappa shape index (κ1) is 19.9. The van der Waals surface area contributed by atoms with E-state index in [-0.39, 0.29) is 5.91 Å². The van der Waals surface area contributed by atoms with Crippen LogP contribution in [0.1, 0.15) is 32.2 Å². The number of amides is 1. The number of hydrogen-bond donors (Lipinski definition) is 2. The number of nitrogens with zero attached hydrogens (tertiary/aromatic N) is 3. The van der Waals surface area contributed by atoms with Gasteiger partial charge in [0.05, 0.1) is 28.8 Å². The summed E-state index contributed by atoms with van der Waals surface area (Å²) >= 11 is 1.58. The van der Waals surface area contributed by atoms with E-state index in [4.69, 9.17) is 4.74 Å². The van der Waals surface area contributed by atoms with Crippen LogP contribution in [0.2, 0.25) is 0 Å². The number of hydrogen-bond acceptors (Lipinski definition) is 6. The summed E-state index contributed by atoms with van der Waals surface area (Å²) in [7, 11) is 4.00. The van der Waals surface area contributed by atoms with Crippen LogP contribution in [0.5, 0.6) is 0 Å². The highest BCUT2D eigenvalue weighted by atomic mass is 32.1. The minimum Gasteiger partial charge on any atom is -0.378 e. The summed E-state index contributed by atoms with van der Waals surface area (Å²) in [5.74, 6) is 0.00301. The molecule has 2 N–H and O–H groups in total. The Morgan fingerprint density at radius 1 is 1.37 bits per heavy atom. The van der Waals surface area contributed by atoms with E-state index in [1.165, 1.54) is 16.1 Å². The van der Waals surface area contributed by atoms with Gasteiger partial charge in [-0.05, 0) is 39.6 Å². The van der Waals surface area contributed by atoms with Crippen molar-refractivity contribution in [2.24, 2.45) is 0 Å². The Labute approximate surface area is 164 Å². The van der Waals surface area contributed by atoms with E-state index in [1.807, 2.05) is 34.0 Å². The number of rotatable bonds is 7. The number of H-pyrrole nitrogens is 1. The van der Waals surface area contributed by atoms with Crippen molar-refractivity contribution in [1.29, 1.82) is 0 Å². The fraction of sp³-hybridized carbons (Fsp3) is 0.579. The smallest absolute Gasteiger partial charge is 0.261 e. The molecule has 1 aliphatic rings. The van der Waals surface area contributed by atoms with Crippen molar-refractivity contribution in [2.45, 2.75) is 20.3 Å². The normalized spacial score (nSPS) is 14.8. The molecule has 1 fully saturated rings. The lowest BCUT2D eigenvalue weighted by Gasteiger charge is -2.28. The van der Waals surface area contributed by atoms with E-state index in [1.54, 1.807) is 11.3 Å². The molecule has 3 heterocycles. The van der Waals surface area contributed by atoms with Gasteiger partial charge in [0.25, 0.3) is 5.91 Å². The second-order valence-electron chi connectivity index (χ2n) is 7.19. The summed E-state index contributed by atoms with van der Waals surface area (Å²) in [4.78, 5) is 17.8. The number of morpholine rings is 1. The Balaban J connectivity index is 1.83. The lowest BCUT2D eigenvalue weighted by molar-refractivity contribution is 0.0955. The van der Waals surface area contributed by atoms with Crippen molar-refractivity contribution in [3.05, 3.63) is 33.5 Å². The van der Waals surface area contributed by atoms with Crippen LogP contribution in [-0.4, -0.2) is 74.5 Å². The van der Waals surface area contributed by atoms with Crippen LogP contribution in [0.3, 0.4) is 0 Å². The molecule has 1 amide bonds. The third kappa shape index (κ3) is 4.88. The maximum Gasteiger partial charge on any atom is 0.261 e. The molecule has 0 unspecified atom stereocenters. The van der Waals surface area contributed by atoms with Gasteiger partial charge in [0.15, 0.2) is 0 Å². The standard InChI is InChI=1S/C19H29N5O2S/c1-13-16(14(2)22-21-13)11-15-12-17(18(25)20-5-6-23(3)4)27-19(15)24-7-9-26-10-8-24/h12H,5-11H2,1-4H3,(H,20,25)(H,21,22). The molecule has 0 spiro atoms. The number of aromatic amines is 1. The first-order valence-electron chi connectivity index (χ1n) is 9.34. The van der Waals surface area contributed by atoms with Crippen LogP contribution in [0.4, 0.5) is 5.00 Å². The number of carbonyl (C=O) groups excluding carboxylic acids is 1. The molecule has 3 rings (SSSR count). The lowest BCUT2D eigenvalue weighted by Crippen LogP contribution is -2.36. The number of anilines is 1. The third-order valence-electron chi connectivity index (χ3n) is 4.80. The molecule has 7 nitrogen and oxygen atoms in total. The number of ether oxygens (including phenoxy) is 1. The summed E-state index contributed by atoms with van der Waals surface area (Å²) in [5, 5.41) is 11.6. The average Bonchev–Trinajstić information content (AvgIpc) is 3.21. The van der Waals surface area contributed by atoms with Gasteiger partial charge in [-0.3, -0.25) is 9.89 Å². The number of nitrogens with one attached hydrogen (secondary N) is 2. The highest BCUT2D eigenvalue weighted by molar-refractivity contribution is 7.18. The van der Waals surface area contributed by atoms with Gasteiger partial charge < -0.3 is 19.9 Å². The Morgan fingerprint density at radius 3 is 2.74 bits per heavy atom. The second kappa shape index (κ2) is 8.86. The van der Waals surface area contributed by atoms with Crippen LogP contribution in [0, 0.1) is 13.8 Å². The highest BCUT2D eigenvalue weighted by Gasteiger charge is 2.22. The number of thiophene rings is 1. The minimum absolute atomic E-state index is 0.00301. The van der Waals surface area contributed by atoms with Gasteiger partial charge in [-0.1, -0.05) is 0 Å². The van der Waals surface area contributed by atoms with Gasteiger partial charge in [0.1, 0.15) is 0 Å². The molecule has 1 saturated heterocycles. The highest BCUT2D eigenvalue weighted by Crippen LogP contribution is 2.34. The summed E-state index contributed by atoms with van der Waals surface area (Å²) < 4.78 is 5.50. The van der Waals surface area contributed by atoms with Crippen molar-refractivity contribution in [2.75, 3.05) is 58.4 Å². The topological polar surface area (TPSA) is 73.5 Å². The first-order chi connectivity index (χ1) is 13.0. The lowest BCUT2D eigenvalue weighted by atomic mass is 10.0. The van der Waals surface area contributed by atoms with Gasteiger partial charge in [-0.2, -0.15) is 5.10 Å². The van der Waals surface area contributed by atoms with Crippen LogP contribution >= 0.6 is 11.3 Å². The van der Waals surface area contributed by atoms with E-state index in [0.29, 0.717) is 6.54 Å². The van der Waals surface area contributed by atoms with E-state index in [2.05, 4.69) is 25.3 Å². The molecule has 2 aromatic heterocycles.